The predicted octanol–water partition coefficient (Wildman–Crippen LogP) is 2.47. The van der Waals surface area contributed by atoms with E-state index in [1.807, 2.05) is 31.2 Å². The number of aromatic nitrogens is 3. The molecule has 0 bridgehead atoms. The molecule has 128 valence electrons. The Hall–Kier alpha value is -1.92. The fourth-order valence-electron chi connectivity index (χ4n) is 2.99. The highest BCUT2D eigenvalue weighted by Gasteiger charge is 2.35. The second-order valence-electron chi connectivity index (χ2n) is 6.15. The minimum atomic E-state index is -0.431. The van der Waals surface area contributed by atoms with Gasteiger partial charge in [0.05, 0.1) is 18.3 Å². The zero-order valence-corrected chi connectivity index (χ0v) is 14.4. The molecule has 1 aromatic carbocycles. The number of aryl methyl sites for hydroxylation is 1. The van der Waals surface area contributed by atoms with E-state index in [9.17, 15) is 4.79 Å². The molecule has 1 aromatic heterocycles. The summed E-state index contributed by atoms with van der Waals surface area (Å²) in [5.74, 6) is -0.214. The summed E-state index contributed by atoms with van der Waals surface area (Å²) in [5.41, 5.74) is 1.01. The monoisotopic (exact) mass is 348 g/mol. The number of carbonyl (C=O) groups excluding carboxylic acids is 1. The molecule has 1 saturated heterocycles. The third kappa shape index (κ3) is 3.94. The van der Waals surface area contributed by atoms with Crippen LogP contribution in [0.5, 0.6) is 0 Å². The number of hydrogen-bond acceptors (Lipinski definition) is 4. The maximum Gasteiger partial charge on any atom is 0.273 e. The van der Waals surface area contributed by atoms with E-state index in [4.69, 9.17) is 16.3 Å². The average Bonchev–Trinajstić information content (AvgIpc) is 3.07. The van der Waals surface area contributed by atoms with Crippen molar-refractivity contribution < 1.29 is 9.53 Å². The Balaban J connectivity index is 1.77. The van der Waals surface area contributed by atoms with Crippen molar-refractivity contribution in [3.63, 3.8) is 0 Å². The molecule has 1 aliphatic rings. The van der Waals surface area contributed by atoms with Crippen LogP contribution in [0.2, 0.25) is 5.02 Å². The molecule has 1 amide bonds. The number of nitrogens with one attached hydrogen (secondary N) is 1. The van der Waals surface area contributed by atoms with Crippen molar-refractivity contribution in [3.8, 4) is 0 Å². The number of hydrogen-bond donors (Lipinski definition) is 1. The minimum Gasteiger partial charge on any atom is -0.379 e. The molecule has 1 aliphatic heterocycles. The summed E-state index contributed by atoms with van der Waals surface area (Å²) < 4.78 is 7.30. The average molecular weight is 349 g/mol. The number of ether oxygens (including phenoxy) is 1. The van der Waals surface area contributed by atoms with Crippen LogP contribution >= 0.6 is 11.6 Å². The first kappa shape index (κ1) is 16.9. The van der Waals surface area contributed by atoms with Crippen LogP contribution < -0.4 is 5.32 Å². The van der Waals surface area contributed by atoms with Gasteiger partial charge in [-0.05, 0) is 43.9 Å². The number of carbonyl (C=O) groups is 1. The lowest BCUT2D eigenvalue weighted by Crippen LogP contribution is -2.55. The van der Waals surface area contributed by atoms with Gasteiger partial charge < -0.3 is 10.1 Å². The van der Waals surface area contributed by atoms with Crippen LogP contribution in [-0.2, 0) is 17.7 Å². The fraction of sp³-hybridized carbons (Fsp3) is 0.471. The van der Waals surface area contributed by atoms with Gasteiger partial charge in [0, 0.05) is 18.2 Å². The van der Waals surface area contributed by atoms with E-state index >= 15 is 0 Å². The second-order valence-corrected chi connectivity index (χ2v) is 6.59. The topological polar surface area (TPSA) is 69.0 Å². The van der Waals surface area contributed by atoms with E-state index in [0.717, 1.165) is 25.0 Å². The molecular weight excluding hydrogens is 328 g/mol. The standard InChI is InChI=1S/C17H21ClN4O2/c1-2-22-11-15(20-21-22)16(23)19-17(8-3-9-24-12-17)10-13-4-6-14(18)7-5-13/h4-7,11H,2-3,8-10,12H2,1H3,(H,19,23). The highest BCUT2D eigenvalue weighted by atomic mass is 35.5. The van der Waals surface area contributed by atoms with Crippen LogP contribution in [0.15, 0.2) is 30.5 Å². The highest BCUT2D eigenvalue weighted by molar-refractivity contribution is 6.30. The summed E-state index contributed by atoms with van der Waals surface area (Å²) >= 11 is 5.96. The lowest BCUT2D eigenvalue weighted by Gasteiger charge is -2.38. The molecule has 7 heteroatoms. The third-order valence-electron chi connectivity index (χ3n) is 4.25. The van der Waals surface area contributed by atoms with Crippen LogP contribution in [0.3, 0.4) is 0 Å². The smallest absolute Gasteiger partial charge is 0.273 e. The van der Waals surface area contributed by atoms with Crippen molar-refractivity contribution in [2.45, 2.75) is 38.3 Å². The van der Waals surface area contributed by atoms with Gasteiger partial charge in [0.1, 0.15) is 0 Å². The summed E-state index contributed by atoms with van der Waals surface area (Å²) in [6, 6.07) is 7.70. The zero-order valence-electron chi connectivity index (χ0n) is 13.7. The van der Waals surface area contributed by atoms with Gasteiger partial charge in [0.2, 0.25) is 0 Å². The first-order valence-corrected chi connectivity index (χ1v) is 8.53. The second kappa shape index (κ2) is 7.32. The molecule has 1 unspecified atom stereocenters. The molecule has 0 saturated carbocycles. The maximum absolute atomic E-state index is 12.6. The van der Waals surface area contributed by atoms with Crippen molar-refractivity contribution in [1.82, 2.24) is 20.3 Å². The van der Waals surface area contributed by atoms with E-state index < -0.39 is 5.54 Å². The molecule has 1 N–H and O–H groups in total. The Labute approximate surface area is 146 Å². The molecule has 24 heavy (non-hydrogen) atoms. The SMILES string of the molecule is CCn1cc(C(=O)NC2(Cc3ccc(Cl)cc3)CCCOC2)nn1. The van der Waals surface area contributed by atoms with Crippen LogP contribution in [0.25, 0.3) is 0 Å². The molecule has 6 nitrogen and oxygen atoms in total. The van der Waals surface area contributed by atoms with Crippen molar-refractivity contribution in [2.24, 2.45) is 0 Å². The molecule has 0 spiro atoms. The summed E-state index contributed by atoms with van der Waals surface area (Å²) in [6.45, 7) is 3.85. The van der Waals surface area contributed by atoms with Gasteiger partial charge in [0.25, 0.3) is 5.91 Å². The summed E-state index contributed by atoms with van der Waals surface area (Å²) in [7, 11) is 0. The van der Waals surface area contributed by atoms with E-state index in [1.165, 1.54) is 0 Å². The van der Waals surface area contributed by atoms with Gasteiger partial charge in [-0.3, -0.25) is 9.48 Å². The number of benzene rings is 1. The summed E-state index contributed by atoms with van der Waals surface area (Å²) in [4.78, 5) is 12.6. The first-order valence-electron chi connectivity index (χ1n) is 8.15. The van der Waals surface area contributed by atoms with Gasteiger partial charge >= 0.3 is 0 Å². The normalized spacial score (nSPS) is 20.8. The number of rotatable bonds is 5. The van der Waals surface area contributed by atoms with Gasteiger partial charge in [-0.15, -0.1) is 5.10 Å². The van der Waals surface area contributed by atoms with Crippen molar-refractivity contribution >= 4 is 17.5 Å². The van der Waals surface area contributed by atoms with Gasteiger partial charge in [-0.25, -0.2) is 0 Å². The van der Waals surface area contributed by atoms with Gasteiger partial charge in [0.15, 0.2) is 5.69 Å². The molecule has 3 rings (SSSR count). The molecule has 2 aromatic rings. The molecule has 0 aliphatic carbocycles. The van der Waals surface area contributed by atoms with Crippen LogP contribution in [0.4, 0.5) is 0 Å². The Kier molecular flexibility index (Phi) is 5.16. The third-order valence-corrected chi connectivity index (χ3v) is 4.50. The van der Waals surface area contributed by atoms with Gasteiger partial charge in [-0.1, -0.05) is 28.9 Å². The highest BCUT2D eigenvalue weighted by Crippen LogP contribution is 2.25. The van der Waals surface area contributed by atoms with Crippen LogP contribution in [-0.4, -0.2) is 39.7 Å². The Morgan fingerprint density at radius 1 is 1.42 bits per heavy atom. The fourth-order valence-corrected chi connectivity index (χ4v) is 3.12. The van der Waals surface area contributed by atoms with E-state index in [-0.39, 0.29) is 5.91 Å². The molecular formula is C17H21ClN4O2. The Bertz CT molecular complexity index is 693. The van der Waals surface area contributed by atoms with Gasteiger partial charge in [-0.2, -0.15) is 0 Å². The molecule has 1 fully saturated rings. The van der Waals surface area contributed by atoms with E-state index in [2.05, 4.69) is 15.6 Å². The maximum atomic E-state index is 12.6. The van der Waals surface area contributed by atoms with Crippen molar-refractivity contribution in [2.75, 3.05) is 13.2 Å². The number of amides is 1. The summed E-state index contributed by atoms with van der Waals surface area (Å²) in [6.07, 6.45) is 4.13. The number of nitrogens with zero attached hydrogens (tertiary/aromatic N) is 3. The number of halogens is 1. The predicted molar refractivity (Wildman–Crippen MR) is 91.1 cm³/mol. The lowest BCUT2D eigenvalue weighted by atomic mass is 9.85. The zero-order chi connectivity index (χ0) is 17.0. The lowest BCUT2D eigenvalue weighted by molar-refractivity contribution is 0.0196. The molecule has 2 heterocycles. The molecule has 1 atom stereocenters. The minimum absolute atomic E-state index is 0.214. The van der Waals surface area contributed by atoms with E-state index in [1.54, 1.807) is 10.9 Å². The van der Waals surface area contributed by atoms with Crippen molar-refractivity contribution in [1.29, 1.82) is 0 Å². The van der Waals surface area contributed by atoms with Crippen LogP contribution in [0, 0.1) is 0 Å². The quantitative estimate of drug-likeness (QED) is 0.901. The Morgan fingerprint density at radius 3 is 2.83 bits per heavy atom. The summed E-state index contributed by atoms with van der Waals surface area (Å²) in [5, 5.41) is 11.7. The van der Waals surface area contributed by atoms with Crippen LogP contribution in [0.1, 0.15) is 35.8 Å². The largest absolute Gasteiger partial charge is 0.379 e. The van der Waals surface area contributed by atoms with Crippen molar-refractivity contribution in [3.05, 3.63) is 46.7 Å². The first-order chi connectivity index (χ1) is 11.6. The van der Waals surface area contributed by atoms with E-state index in [0.29, 0.717) is 30.3 Å². The molecule has 0 radical (unpaired) electrons. The Morgan fingerprint density at radius 2 is 2.21 bits per heavy atom.